The second-order valence-electron chi connectivity index (χ2n) is 7.94. The number of guanidine groups is 1. The average Bonchev–Trinajstić information content (AvgIpc) is 2.68. The molecule has 2 N–H and O–H groups in total. The fraction of sp³-hybridized carbons (Fsp3) is 0.682. The van der Waals surface area contributed by atoms with Gasteiger partial charge in [-0.05, 0) is 62.8 Å². The van der Waals surface area contributed by atoms with Crippen molar-refractivity contribution in [1.82, 2.24) is 15.5 Å². The molecule has 0 bridgehead atoms. The number of aryl methyl sites for hydroxylation is 1. The monoisotopic (exact) mass is 499 g/mol. The minimum absolute atomic E-state index is 0. The van der Waals surface area contributed by atoms with E-state index in [9.17, 15) is 0 Å². The summed E-state index contributed by atoms with van der Waals surface area (Å²) in [4.78, 5) is 9.81. The predicted octanol–water partition coefficient (Wildman–Crippen LogP) is 3.62. The zero-order chi connectivity index (χ0) is 19.1. The first kappa shape index (κ1) is 23.3. The van der Waals surface area contributed by atoms with Crippen molar-refractivity contribution in [1.29, 1.82) is 0 Å². The highest BCUT2D eigenvalue weighted by atomic mass is 127. The number of piperidine rings is 1. The van der Waals surface area contributed by atoms with Gasteiger partial charge in [0.05, 0.1) is 6.54 Å². The van der Waals surface area contributed by atoms with Gasteiger partial charge in [0.2, 0.25) is 0 Å². The lowest BCUT2D eigenvalue weighted by Crippen LogP contribution is -2.48. The normalized spacial score (nSPS) is 18.4. The molecule has 2 aliphatic heterocycles. The van der Waals surface area contributed by atoms with E-state index in [0.29, 0.717) is 6.04 Å². The summed E-state index contributed by atoms with van der Waals surface area (Å²) < 4.78 is 0. The lowest BCUT2D eigenvalue weighted by Gasteiger charge is -2.32. The Morgan fingerprint density at radius 1 is 1.18 bits per heavy atom. The van der Waals surface area contributed by atoms with E-state index in [1.165, 1.54) is 68.6 Å². The molecule has 0 radical (unpaired) electrons. The molecule has 0 aromatic heterocycles. The third-order valence-electron chi connectivity index (χ3n) is 5.73. The van der Waals surface area contributed by atoms with Crippen LogP contribution in [0.5, 0.6) is 0 Å². The first-order chi connectivity index (χ1) is 13.2. The second kappa shape index (κ2) is 11.9. The summed E-state index contributed by atoms with van der Waals surface area (Å²) in [5.41, 5.74) is 4.16. The predicted molar refractivity (Wildman–Crippen MR) is 131 cm³/mol. The third-order valence-corrected chi connectivity index (χ3v) is 5.73. The van der Waals surface area contributed by atoms with E-state index in [1.54, 1.807) is 0 Å². The molecular weight excluding hydrogens is 461 g/mol. The Morgan fingerprint density at radius 3 is 2.68 bits per heavy atom. The van der Waals surface area contributed by atoms with Crippen molar-refractivity contribution >= 4 is 35.6 Å². The van der Waals surface area contributed by atoms with E-state index >= 15 is 0 Å². The van der Waals surface area contributed by atoms with Crippen molar-refractivity contribution in [2.45, 2.75) is 58.5 Å². The number of rotatable bonds is 6. The highest BCUT2D eigenvalue weighted by molar-refractivity contribution is 14.0. The molecule has 1 fully saturated rings. The molecule has 0 atom stereocenters. The molecule has 1 aromatic carbocycles. The number of anilines is 1. The van der Waals surface area contributed by atoms with Crippen LogP contribution in [0.1, 0.15) is 50.7 Å². The number of nitrogens with one attached hydrogen (secondary N) is 2. The molecule has 5 nitrogen and oxygen atoms in total. The molecule has 28 heavy (non-hydrogen) atoms. The largest absolute Gasteiger partial charge is 0.374 e. The van der Waals surface area contributed by atoms with Gasteiger partial charge in [-0.1, -0.05) is 19.1 Å². The maximum absolute atomic E-state index is 4.87. The number of nitrogens with zero attached hydrogens (tertiary/aromatic N) is 3. The molecule has 158 valence electrons. The summed E-state index contributed by atoms with van der Waals surface area (Å²) in [5.74, 6) is 0.960. The molecule has 0 unspecified atom stereocenters. The molecule has 1 aromatic rings. The molecular formula is C22H38IN5. The fourth-order valence-corrected chi connectivity index (χ4v) is 4.24. The molecule has 0 aliphatic carbocycles. The molecule has 3 rings (SSSR count). The maximum atomic E-state index is 4.87. The van der Waals surface area contributed by atoms with Crippen LogP contribution in [0.3, 0.4) is 0 Å². The molecule has 2 aliphatic rings. The number of fused-ring (bicyclic) bond motifs is 1. The maximum Gasteiger partial charge on any atom is 0.191 e. The Balaban J connectivity index is 0.00000280. The van der Waals surface area contributed by atoms with Gasteiger partial charge >= 0.3 is 0 Å². The van der Waals surface area contributed by atoms with E-state index < -0.39 is 0 Å². The molecule has 0 amide bonds. The topological polar surface area (TPSA) is 42.9 Å². The minimum Gasteiger partial charge on any atom is -0.374 e. The summed E-state index contributed by atoms with van der Waals surface area (Å²) in [5, 5.41) is 7.09. The van der Waals surface area contributed by atoms with Gasteiger partial charge in [-0.3, -0.25) is 0 Å². The number of benzene rings is 1. The molecule has 6 heteroatoms. The Kier molecular flexibility index (Phi) is 9.85. The lowest BCUT2D eigenvalue weighted by molar-refractivity contribution is 0.206. The van der Waals surface area contributed by atoms with Gasteiger partial charge in [-0.2, -0.15) is 0 Å². The van der Waals surface area contributed by atoms with Gasteiger partial charge in [-0.25, -0.2) is 4.99 Å². The summed E-state index contributed by atoms with van der Waals surface area (Å²) in [7, 11) is 2.19. The third kappa shape index (κ3) is 6.51. The summed E-state index contributed by atoms with van der Waals surface area (Å²) in [6.45, 7) is 10.8. The van der Waals surface area contributed by atoms with Gasteiger partial charge in [0.15, 0.2) is 5.96 Å². The quantitative estimate of drug-likeness (QED) is 0.357. The van der Waals surface area contributed by atoms with Gasteiger partial charge in [-0.15, -0.1) is 24.0 Å². The zero-order valence-corrected chi connectivity index (χ0v) is 20.2. The smallest absolute Gasteiger partial charge is 0.191 e. The van der Waals surface area contributed by atoms with Crippen molar-refractivity contribution in [2.24, 2.45) is 4.99 Å². The van der Waals surface area contributed by atoms with Crippen molar-refractivity contribution in [3.05, 3.63) is 29.3 Å². The highest BCUT2D eigenvalue weighted by Crippen LogP contribution is 2.27. The highest BCUT2D eigenvalue weighted by Gasteiger charge is 2.19. The van der Waals surface area contributed by atoms with E-state index in [2.05, 4.69) is 59.5 Å². The Labute approximate surface area is 188 Å². The number of likely N-dealkylation sites (tertiary alicyclic amines) is 1. The molecule has 1 saturated heterocycles. The van der Waals surface area contributed by atoms with Crippen LogP contribution >= 0.6 is 24.0 Å². The van der Waals surface area contributed by atoms with Crippen LogP contribution in [0, 0.1) is 0 Å². The van der Waals surface area contributed by atoms with E-state index in [-0.39, 0.29) is 24.0 Å². The van der Waals surface area contributed by atoms with Crippen LogP contribution in [-0.2, 0) is 13.0 Å². The fourth-order valence-electron chi connectivity index (χ4n) is 4.24. The van der Waals surface area contributed by atoms with Crippen LogP contribution in [0.2, 0.25) is 0 Å². The van der Waals surface area contributed by atoms with Gasteiger partial charge in [0.25, 0.3) is 0 Å². The van der Waals surface area contributed by atoms with Gasteiger partial charge in [0, 0.05) is 45.0 Å². The van der Waals surface area contributed by atoms with Crippen LogP contribution < -0.4 is 15.5 Å². The van der Waals surface area contributed by atoms with Crippen LogP contribution in [0.15, 0.2) is 23.2 Å². The Morgan fingerprint density at radius 2 is 1.96 bits per heavy atom. The van der Waals surface area contributed by atoms with Crippen LogP contribution in [-0.4, -0.2) is 56.7 Å². The average molecular weight is 499 g/mol. The van der Waals surface area contributed by atoms with Crippen molar-refractivity contribution in [3.8, 4) is 0 Å². The number of halogens is 1. The van der Waals surface area contributed by atoms with E-state index in [1.807, 2.05) is 0 Å². The SMILES string of the molecule is CCCN1CCC(NC(=NCc2ccc3c(c2)CCCN3C)NCC)CC1.I. The standard InChI is InChI=1S/C22H37N5.HI/c1-4-12-27-14-10-20(11-15-27)25-22(23-5-2)24-17-18-8-9-21-19(16-18)7-6-13-26(21)3;/h8-9,16,20H,4-7,10-15,17H2,1-3H3,(H2,23,24,25);1H. The Hall–Kier alpha value is -1.02. The van der Waals surface area contributed by atoms with Gasteiger partial charge < -0.3 is 20.4 Å². The van der Waals surface area contributed by atoms with Crippen LogP contribution in [0.25, 0.3) is 0 Å². The number of aliphatic imine (C=N–C) groups is 1. The molecule has 0 spiro atoms. The molecule has 2 heterocycles. The van der Waals surface area contributed by atoms with Crippen LogP contribution in [0.4, 0.5) is 5.69 Å². The summed E-state index contributed by atoms with van der Waals surface area (Å²) >= 11 is 0. The first-order valence-electron chi connectivity index (χ1n) is 10.8. The van der Waals surface area contributed by atoms with Gasteiger partial charge in [0.1, 0.15) is 0 Å². The minimum atomic E-state index is 0. The van der Waals surface area contributed by atoms with E-state index in [0.717, 1.165) is 25.6 Å². The number of hydrogen-bond acceptors (Lipinski definition) is 3. The number of hydrogen-bond donors (Lipinski definition) is 2. The Bertz CT molecular complexity index is 625. The van der Waals surface area contributed by atoms with Crippen molar-refractivity contribution < 1.29 is 0 Å². The second-order valence-corrected chi connectivity index (χ2v) is 7.94. The first-order valence-corrected chi connectivity index (χ1v) is 10.8. The van der Waals surface area contributed by atoms with E-state index in [4.69, 9.17) is 4.99 Å². The molecule has 0 saturated carbocycles. The lowest BCUT2D eigenvalue weighted by atomic mass is 10.00. The summed E-state index contributed by atoms with van der Waals surface area (Å²) in [6, 6.07) is 7.38. The zero-order valence-electron chi connectivity index (χ0n) is 17.8. The van der Waals surface area contributed by atoms with Crippen molar-refractivity contribution in [3.63, 3.8) is 0 Å². The summed E-state index contributed by atoms with van der Waals surface area (Å²) in [6.07, 6.45) is 6.09. The van der Waals surface area contributed by atoms with Crippen molar-refractivity contribution in [2.75, 3.05) is 44.7 Å².